The lowest BCUT2D eigenvalue weighted by Gasteiger charge is -2.20. The molecule has 1 rings (SSSR count). The van der Waals surface area contributed by atoms with Crippen molar-refractivity contribution in [2.45, 2.75) is 39.7 Å². The summed E-state index contributed by atoms with van der Waals surface area (Å²) in [6.07, 6.45) is 1.93. The molecule has 1 N–H and O–H groups in total. The highest BCUT2D eigenvalue weighted by atomic mass is 32.2. The number of benzene rings is 1. The van der Waals surface area contributed by atoms with E-state index in [1.807, 2.05) is 13.8 Å². The fraction of sp³-hybridized carbons (Fsp3) is 0.400. The highest BCUT2D eigenvalue weighted by molar-refractivity contribution is 7.88. The van der Waals surface area contributed by atoms with Crippen molar-refractivity contribution in [2.75, 3.05) is 20.4 Å². The fourth-order valence-electron chi connectivity index (χ4n) is 2.96. The van der Waals surface area contributed by atoms with Crippen molar-refractivity contribution in [1.29, 1.82) is 0 Å². The summed E-state index contributed by atoms with van der Waals surface area (Å²) in [5, 5.41) is 9.95. The highest BCUT2D eigenvalue weighted by Crippen LogP contribution is 2.30. The first-order valence-electron chi connectivity index (χ1n) is 10.8. The van der Waals surface area contributed by atoms with Gasteiger partial charge < -0.3 is 9.84 Å². The fourth-order valence-corrected chi connectivity index (χ4v) is 3.48. The number of aliphatic hydroxyl groups excluding tert-OH is 1. The van der Waals surface area contributed by atoms with Crippen LogP contribution in [0, 0.1) is 11.7 Å². The Morgan fingerprint density at radius 3 is 2.26 bits per heavy atom. The molecule has 1 aromatic rings. The van der Waals surface area contributed by atoms with Crippen LogP contribution >= 0.6 is 0 Å². The first-order valence-corrected chi connectivity index (χ1v) is 12.7. The number of carbonyl (C=O) groups excluding carboxylic acids is 2. The Bertz CT molecular complexity index is 1130. The third-order valence-electron chi connectivity index (χ3n) is 5.08. The van der Waals surface area contributed by atoms with E-state index in [1.165, 1.54) is 50.6 Å². The summed E-state index contributed by atoms with van der Waals surface area (Å²) in [4.78, 5) is 28.3. The lowest BCUT2D eigenvalue weighted by Crippen LogP contribution is -2.30. The van der Waals surface area contributed by atoms with E-state index in [9.17, 15) is 27.5 Å². The van der Waals surface area contributed by atoms with Crippen molar-refractivity contribution in [1.82, 2.24) is 4.31 Å². The van der Waals surface area contributed by atoms with E-state index in [0.717, 1.165) is 10.6 Å². The van der Waals surface area contributed by atoms with Gasteiger partial charge in [-0.15, -0.1) is 0 Å². The molecule has 0 heterocycles. The SMILES string of the molecule is C=C(C(/C=C/C(=O)C[C@@H](O)CC(=O)OC)=C(\N=C(/C)N(C)S(C)(=O)=O)C(C)C)c1ccc(F)cc1. The molecule has 0 radical (unpaired) electrons. The number of ketones is 1. The number of hydrogen-bond donors (Lipinski definition) is 1. The molecule has 0 aromatic heterocycles. The highest BCUT2D eigenvalue weighted by Gasteiger charge is 2.18. The van der Waals surface area contributed by atoms with E-state index >= 15 is 0 Å². The molecule has 0 aliphatic heterocycles. The summed E-state index contributed by atoms with van der Waals surface area (Å²) in [6, 6.07) is 5.61. The molecule has 0 fully saturated rings. The Labute approximate surface area is 206 Å². The molecule has 0 bridgehead atoms. The van der Waals surface area contributed by atoms with Crippen molar-refractivity contribution in [2.24, 2.45) is 10.9 Å². The van der Waals surface area contributed by atoms with Crippen molar-refractivity contribution in [3.63, 3.8) is 0 Å². The molecule has 192 valence electrons. The Balaban J connectivity index is 3.54. The number of rotatable bonds is 11. The molecule has 0 aliphatic rings. The molecule has 10 heteroatoms. The molecular formula is C25H33FN2O6S. The second-order valence-corrected chi connectivity index (χ2v) is 10.3. The number of halogens is 1. The predicted molar refractivity (Wildman–Crippen MR) is 134 cm³/mol. The van der Waals surface area contributed by atoms with Crippen molar-refractivity contribution in [3.05, 3.63) is 65.6 Å². The number of methoxy groups -OCH3 is 1. The minimum atomic E-state index is -3.55. The quantitative estimate of drug-likeness (QED) is 0.161. The van der Waals surface area contributed by atoms with Gasteiger partial charge in [0.15, 0.2) is 5.78 Å². The maximum Gasteiger partial charge on any atom is 0.308 e. The van der Waals surface area contributed by atoms with Crippen LogP contribution in [-0.4, -0.2) is 61.9 Å². The number of amidine groups is 1. The molecule has 35 heavy (non-hydrogen) atoms. The van der Waals surface area contributed by atoms with Crippen LogP contribution in [-0.2, 0) is 24.3 Å². The number of aliphatic hydroxyl groups is 1. The van der Waals surface area contributed by atoms with Crippen LogP contribution in [0.25, 0.3) is 5.57 Å². The molecule has 1 atom stereocenters. The van der Waals surface area contributed by atoms with Crippen molar-refractivity contribution < 1.29 is 32.2 Å². The Hall–Kier alpha value is -3.11. The topological polar surface area (TPSA) is 113 Å². The Morgan fingerprint density at radius 1 is 1.20 bits per heavy atom. The first-order chi connectivity index (χ1) is 16.2. The maximum atomic E-state index is 13.5. The normalized spacial score (nSPS) is 14.0. The number of ether oxygens (including phenoxy) is 1. The van der Waals surface area contributed by atoms with Gasteiger partial charge in [-0.1, -0.05) is 32.6 Å². The molecule has 1 aromatic carbocycles. The minimum Gasteiger partial charge on any atom is -0.469 e. The molecular weight excluding hydrogens is 475 g/mol. The monoisotopic (exact) mass is 508 g/mol. The van der Waals surface area contributed by atoms with Crippen molar-refractivity contribution >= 4 is 33.2 Å². The zero-order chi connectivity index (χ0) is 26.9. The van der Waals surface area contributed by atoms with Gasteiger partial charge in [0.1, 0.15) is 11.7 Å². The molecule has 0 amide bonds. The van der Waals surface area contributed by atoms with E-state index in [2.05, 4.69) is 16.3 Å². The number of hydrogen-bond acceptors (Lipinski definition) is 7. The lowest BCUT2D eigenvalue weighted by atomic mass is 9.93. The third kappa shape index (κ3) is 9.58. The number of carbonyl (C=O) groups is 2. The molecule has 8 nitrogen and oxygen atoms in total. The summed E-state index contributed by atoms with van der Waals surface area (Å²) in [5.74, 6) is -1.53. The van der Waals surface area contributed by atoms with E-state index in [1.54, 1.807) is 6.92 Å². The van der Waals surface area contributed by atoms with E-state index in [-0.39, 0.29) is 24.6 Å². The van der Waals surface area contributed by atoms with Crippen LogP contribution in [0.15, 0.2) is 59.3 Å². The first kappa shape index (κ1) is 29.9. The smallest absolute Gasteiger partial charge is 0.308 e. The van der Waals surface area contributed by atoms with Crippen molar-refractivity contribution in [3.8, 4) is 0 Å². The van der Waals surface area contributed by atoms with Gasteiger partial charge in [-0.3, -0.25) is 13.9 Å². The van der Waals surface area contributed by atoms with E-state index in [4.69, 9.17) is 0 Å². The summed E-state index contributed by atoms with van der Waals surface area (Å²) in [6.45, 7) is 9.33. The molecule has 0 saturated carbocycles. The summed E-state index contributed by atoms with van der Waals surface area (Å²) >= 11 is 0. The second-order valence-electron chi connectivity index (χ2n) is 8.27. The molecule has 0 unspecified atom stereocenters. The van der Waals surface area contributed by atoms with Gasteiger partial charge in [0, 0.05) is 19.0 Å². The average molecular weight is 509 g/mol. The van der Waals surface area contributed by atoms with Gasteiger partial charge in [0.05, 0.1) is 31.6 Å². The summed E-state index contributed by atoms with van der Waals surface area (Å²) in [7, 11) is -0.985. The molecule has 0 spiro atoms. The zero-order valence-corrected chi connectivity index (χ0v) is 21.7. The second kappa shape index (κ2) is 13.1. The number of nitrogens with zero attached hydrogens (tertiary/aromatic N) is 2. The van der Waals surface area contributed by atoms with Gasteiger partial charge in [-0.2, -0.15) is 0 Å². The molecule has 0 saturated heterocycles. The van der Waals surface area contributed by atoms with Gasteiger partial charge in [-0.25, -0.2) is 17.8 Å². The number of aliphatic imine (C=N–C) groups is 1. The Kier molecular flexibility index (Phi) is 11.2. The number of sulfonamides is 1. The summed E-state index contributed by atoms with van der Waals surface area (Å²) in [5.41, 5.74) is 1.90. The van der Waals surface area contributed by atoms with Crippen LogP contribution < -0.4 is 0 Å². The third-order valence-corrected chi connectivity index (χ3v) is 6.34. The molecule has 0 aliphatic carbocycles. The van der Waals surface area contributed by atoms with Crippen LogP contribution in [0.1, 0.15) is 39.2 Å². The summed E-state index contributed by atoms with van der Waals surface area (Å²) < 4.78 is 42.9. The maximum absolute atomic E-state index is 13.5. The number of allylic oxidation sites excluding steroid dienone is 5. The van der Waals surface area contributed by atoms with Gasteiger partial charge >= 0.3 is 5.97 Å². The van der Waals surface area contributed by atoms with Crippen LogP contribution in [0.3, 0.4) is 0 Å². The Morgan fingerprint density at radius 2 is 1.77 bits per heavy atom. The minimum absolute atomic E-state index is 0.203. The van der Waals surface area contributed by atoms with Gasteiger partial charge in [0.2, 0.25) is 10.0 Å². The lowest BCUT2D eigenvalue weighted by molar-refractivity contribution is -0.143. The van der Waals surface area contributed by atoms with Gasteiger partial charge in [0.25, 0.3) is 0 Å². The van der Waals surface area contributed by atoms with E-state index < -0.39 is 33.7 Å². The number of esters is 1. The standard InChI is InChI=1S/C25H33FN2O6S/c1-16(2)25(27-18(4)28(5)35(7,32)33)23(17(3)19-8-10-20(26)11-9-19)13-12-21(29)14-22(30)15-24(31)34-6/h8-13,16,22,30H,3,14-15H2,1-2,4-7H3/b13-12+,25-23-,27-18+/t22-/m1/s1. The van der Waals surface area contributed by atoms with Gasteiger partial charge in [-0.05, 0) is 48.3 Å². The van der Waals surface area contributed by atoms with E-state index in [0.29, 0.717) is 22.4 Å². The predicted octanol–water partition coefficient (Wildman–Crippen LogP) is 3.50. The largest absolute Gasteiger partial charge is 0.469 e. The van der Waals surface area contributed by atoms with Crippen LogP contribution in [0.4, 0.5) is 4.39 Å². The van der Waals surface area contributed by atoms with Crippen LogP contribution in [0.2, 0.25) is 0 Å². The average Bonchev–Trinajstić information content (AvgIpc) is 2.76. The van der Waals surface area contributed by atoms with Crippen LogP contribution in [0.5, 0.6) is 0 Å². The zero-order valence-electron chi connectivity index (χ0n) is 20.9.